The van der Waals surface area contributed by atoms with Crippen LogP contribution >= 0.6 is 0 Å². The van der Waals surface area contributed by atoms with Crippen molar-refractivity contribution >= 4 is 0 Å². The van der Waals surface area contributed by atoms with E-state index >= 15 is 0 Å². The van der Waals surface area contributed by atoms with Crippen LogP contribution < -0.4 is 0 Å². The summed E-state index contributed by atoms with van der Waals surface area (Å²) in [5.41, 5.74) is 4.56. The van der Waals surface area contributed by atoms with Gasteiger partial charge in [0.2, 0.25) is 0 Å². The van der Waals surface area contributed by atoms with Crippen molar-refractivity contribution in [2.24, 2.45) is 5.92 Å². The average molecular weight is 367 g/mol. The van der Waals surface area contributed by atoms with Gasteiger partial charge in [-0.2, -0.15) is 0 Å². The molecule has 0 bridgehead atoms. The van der Waals surface area contributed by atoms with E-state index < -0.39 is 0 Å². The van der Waals surface area contributed by atoms with E-state index in [-0.39, 0.29) is 5.60 Å². The number of piperidine rings is 1. The highest BCUT2D eigenvalue weighted by Crippen LogP contribution is 2.36. The molecule has 0 spiro atoms. The van der Waals surface area contributed by atoms with Gasteiger partial charge in [0.15, 0.2) is 5.60 Å². The molecule has 0 saturated carbocycles. The van der Waals surface area contributed by atoms with Crippen LogP contribution in [-0.2, 0) is 21.6 Å². The Morgan fingerprint density at radius 2 is 2.00 bits per heavy atom. The van der Waals surface area contributed by atoms with E-state index in [0.717, 1.165) is 31.7 Å². The lowest BCUT2D eigenvalue weighted by Crippen LogP contribution is -2.49. The van der Waals surface area contributed by atoms with Crippen molar-refractivity contribution in [2.45, 2.75) is 38.3 Å². The number of pyridine rings is 1. The van der Waals surface area contributed by atoms with Crippen LogP contribution in [0.2, 0.25) is 0 Å². The fraction of sp³-hybridized carbons (Fsp3) is 0.522. The van der Waals surface area contributed by atoms with Gasteiger partial charge >= 0.3 is 0 Å². The Morgan fingerprint density at radius 3 is 2.63 bits per heavy atom. The molecule has 4 rings (SSSR count). The summed E-state index contributed by atoms with van der Waals surface area (Å²) in [7, 11) is 1.76. The van der Waals surface area contributed by atoms with E-state index in [1.165, 1.54) is 16.8 Å². The summed E-state index contributed by atoms with van der Waals surface area (Å²) in [5, 5.41) is 0. The summed E-state index contributed by atoms with van der Waals surface area (Å²) >= 11 is 0. The Morgan fingerprint density at radius 1 is 1.22 bits per heavy atom. The third-order valence-electron chi connectivity index (χ3n) is 6.14. The van der Waals surface area contributed by atoms with Crippen LogP contribution in [-0.4, -0.2) is 43.3 Å². The van der Waals surface area contributed by atoms with Crippen molar-refractivity contribution in [3.63, 3.8) is 0 Å². The van der Waals surface area contributed by atoms with E-state index in [2.05, 4.69) is 61.2 Å². The lowest BCUT2D eigenvalue weighted by Gasteiger charge is -2.41. The molecule has 2 atom stereocenters. The van der Waals surface area contributed by atoms with Gasteiger partial charge in [-0.3, -0.25) is 9.88 Å². The zero-order valence-corrected chi connectivity index (χ0v) is 16.6. The minimum absolute atomic E-state index is 0.349. The zero-order chi connectivity index (χ0) is 18.9. The Hall–Kier alpha value is -1.75. The molecule has 1 aromatic carbocycles. The number of ether oxygens (including phenoxy) is 2. The predicted molar refractivity (Wildman–Crippen MR) is 107 cm³/mol. The molecule has 0 N–H and O–H groups in total. The van der Waals surface area contributed by atoms with Gasteiger partial charge < -0.3 is 9.47 Å². The van der Waals surface area contributed by atoms with Crippen LogP contribution in [0.4, 0.5) is 0 Å². The van der Waals surface area contributed by atoms with E-state index in [1.807, 2.05) is 0 Å². The molecule has 144 valence electrons. The molecule has 2 saturated heterocycles. The van der Waals surface area contributed by atoms with Crippen molar-refractivity contribution in [3.05, 3.63) is 65.0 Å². The summed E-state index contributed by atoms with van der Waals surface area (Å²) in [4.78, 5) is 7.63. The van der Waals surface area contributed by atoms with Gasteiger partial charge in [-0.25, -0.2) is 0 Å². The number of benzene rings is 1. The zero-order valence-electron chi connectivity index (χ0n) is 16.6. The first-order valence-corrected chi connectivity index (χ1v) is 9.98. The summed E-state index contributed by atoms with van der Waals surface area (Å²) in [6.45, 7) is 9.00. The number of aromatic nitrogens is 1. The first kappa shape index (κ1) is 18.6. The van der Waals surface area contributed by atoms with Crippen molar-refractivity contribution in [1.82, 2.24) is 9.88 Å². The van der Waals surface area contributed by atoms with Gasteiger partial charge in [0.05, 0.1) is 18.9 Å². The second kappa shape index (κ2) is 7.70. The van der Waals surface area contributed by atoms with Gasteiger partial charge in [0.25, 0.3) is 0 Å². The number of rotatable bonds is 5. The van der Waals surface area contributed by atoms with Crippen LogP contribution in [0, 0.1) is 12.8 Å². The third kappa shape index (κ3) is 3.79. The topological polar surface area (TPSA) is 34.6 Å². The quantitative estimate of drug-likeness (QED) is 0.804. The Kier molecular flexibility index (Phi) is 5.31. The Bertz CT molecular complexity index is 768. The van der Waals surface area contributed by atoms with Gasteiger partial charge in [-0.05, 0) is 49.1 Å². The number of hydrogen-bond acceptors (Lipinski definition) is 4. The second-order valence-corrected chi connectivity index (χ2v) is 8.24. The van der Waals surface area contributed by atoms with E-state index in [9.17, 15) is 0 Å². The SMILES string of the molecule is COC1(c2cc(C)cc(C3CCN(Cc4ccccc4)CC3C)n2)COC1. The maximum atomic E-state index is 5.77. The Labute approximate surface area is 162 Å². The molecule has 2 aliphatic heterocycles. The Balaban J connectivity index is 1.49. The monoisotopic (exact) mass is 366 g/mol. The van der Waals surface area contributed by atoms with E-state index in [1.54, 1.807) is 7.11 Å². The summed E-state index contributed by atoms with van der Waals surface area (Å²) in [6, 6.07) is 15.2. The first-order chi connectivity index (χ1) is 13.1. The highest BCUT2D eigenvalue weighted by Gasteiger charge is 2.42. The van der Waals surface area contributed by atoms with Gasteiger partial charge in [-0.15, -0.1) is 0 Å². The fourth-order valence-corrected chi connectivity index (χ4v) is 4.43. The fourth-order valence-electron chi connectivity index (χ4n) is 4.43. The summed E-state index contributed by atoms with van der Waals surface area (Å²) in [5.74, 6) is 1.09. The molecule has 27 heavy (non-hydrogen) atoms. The summed E-state index contributed by atoms with van der Waals surface area (Å²) in [6.07, 6.45) is 1.15. The van der Waals surface area contributed by atoms with Crippen molar-refractivity contribution < 1.29 is 9.47 Å². The predicted octanol–water partition coefficient (Wildman–Crippen LogP) is 3.89. The largest absolute Gasteiger partial charge is 0.374 e. The van der Waals surface area contributed by atoms with Gasteiger partial charge in [-0.1, -0.05) is 37.3 Å². The molecule has 1 aromatic heterocycles. The molecule has 2 unspecified atom stereocenters. The van der Waals surface area contributed by atoms with E-state index in [0.29, 0.717) is 25.0 Å². The molecular weight excluding hydrogens is 336 g/mol. The average Bonchev–Trinajstić information content (AvgIpc) is 2.62. The normalized spacial score (nSPS) is 25.1. The molecule has 2 fully saturated rings. The summed E-state index contributed by atoms with van der Waals surface area (Å²) < 4.78 is 11.2. The molecule has 0 amide bonds. The first-order valence-electron chi connectivity index (χ1n) is 9.98. The molecule has 4 nitrogen and oxygen atoms in total. The number of likely N-dealkylation sites (tertiary alicyclic amines) is 1. The maximum Gasteiger partial charge on any atom is 0.156 e. The van der Waals surface area contributed by atoms with Gasteiger partial charge in [0.1, 0.15) is 0 Å². The minimum Gasteiger partial charge on any atom is -0.374 e. The standard InChI is InChI=1S/C23H30N2O2/c1-17-11-21(24-22(12-17)23(26-3)15-27-16-23)20-9-10-25(13-18(20)2)14-19-7-5-4-6-8-19/h4-8,11-12,18,20H,9-10,13-16H2,1-3H3. The highest BCUT2D eigenvalue weighted by molar-refractivity contribution is 5.28. The molecule has 0 aliphatic carbocycles. The molecule has 2 aliphatic rings. The van der Waals surface area contributed by atoms with E-state index in [4.69, 9.17) is 14.5 Å². The van der Waals surface area contributed by atoms with Crippen molar-refractivity contribution in [2.75, 3.05) is 33.4 Å². The number of methoxy groups -OCH3 is 1. The van der Waals surface area contributed by atoms with Crippen LogP contribution in [0.15, 0.2) is 42.5 Å². The van der Waals surface area contributed by atoms with Crippen LogP contribution in [0.1, 0.15) is 41.8 Å². The minimum atomic E-state index is -0.349. The lowest BCUT2D eigenvalue weighted by atomic mass is 9.83. The van der Waals surface area contributed by atoms with Crippen LogP contribution in [0.3, 0.4) is 0 Å². The molecular formula is C23H30N2O2. The molecule has 2 aromatic rings. The molecule has 4 heteroatoms. The van der Waals surface area contributed by atoms with Crippen LogP contribution in [0.25, 0.3) is 0 Å². The van der Waals surface area contributed by atoms with Crippen molar-refractivity contribution in [1.29, 1.82) is 0 Å². The molecule has 0 radical (unpaired) electrons. The number of hydrogen-bond donors (Lipinski definition) is 0. The van der Waals surface area contributed by atoms with Crippen molar-refractivity contribution in [3.8, 4) is 0 Å². The molecule has 3 heterocycles. The number of aryl methyl sites for hydroxylation is 1. The lowest BCUT2D eigenvalue weighted by molar-refractivity contribution is -0.204. The van der Waals surface area contributed by atoms with Gasteiger partial charge in [0, 0.05) is 31.8 Å². The second-order valence-electron chi connectivity index (χ2n) is 8.24. The highest BCUT2D eigenvalue weighted by atomic mass is 16.6. The third-order valence-corrected chi connectivity index (χ3v) is 6.14. The number of nitrogens with zero attached hydrogens (tertiary/aromatic N) is 2. The van der Waals surface area contributed by atoms with Crippen LogP contribution in [0.5, 0.6) is 0 Å². The maximum absolute atomic E-state index is 5.77. The smallest absolute Gasteiger partial charge is 0.156 e.